The lowest BCUT2D eigenvalue weighted by molar-refractivity contribution is -0.184. The fourth-order valence-corrected chi connectivity index (χ4v) is 2.38. The van der Waals surface area contributed by atoms with Gasteiger partial charge in [0, 0.05) is 5.92 Å². The van der Waals surface area contributed by atoms with E-state index in [4.69, 9.17) is 9.47 Å². The Bertz CT molecular complexity index is 201. The Labute approximate surface area is 78.4 Å². The van der Waals surface area contributed by atoms with Gasteiger partial charge in [-0.2, -0.15) is 0 Å². The molecule has 1 spiro atoms. The van der Waals surface area contributed by atoms with Crippen molar-refractivity contribution >= 4 is 5.78 Å². The maximum atomic E-state index is 11.9. The van der Waals surface area contributed by atoms with Crippen molar-refractivity contribution < 1.29 is 14.3 Å². The van der Waals surface area contributed by atoms with Crippen LogP contribution in [-0.4, -0.2) is 25.8 Å². The molecule has 1 saturated carbocycles. The average Bonchev–Trinajstić information content (AvgIpc) is 2.16. The van der Waals surface area contributed by atoms with Crippen LogP contribution in [0.1, 0.15) is 26.2 Å². The summed E-state index contributed by atoms with van der Waals surface area (Å²) < 4.78 is 10.5. The summed E-state index contributed by atoms with van der Waals surface area (Å²) in [6.45, 7) is 3.49. The summed E-state index contributed by atoms with van der Waals surface area (Å²) in [5.41, 5.74) is -0.296. The lowest BCUT2D eigenvalue weighted by Gasteiger charge is -2.40. The van der Waals surface area contributed by atoms with E-state index in [-0.39, 0.29) is 11.3 Å². The molecule has 2 fully saturated rings. The van der Waals surface area contributed by atoms with E-state index in [9.17, 15) is 4.79 Å². The van der Waals surface area contributed by atoms with Crippen LogP contribution in [-0.2, 0) is 14.3 Å². The molecule has 2 aliphatic rings. The fourth-order valence-electron chi connectivity index (χ4n) is 2.38. The van der Waals surface area contributed by atoms with Crippen molar-refractivity contribution in [2.75, 3.05) is 20.0 Å². The third-order valence-corrected chi connectivity index (χ3v) is 3.19. The lowest BCUT2D eigenvalue weighted by Crippen LogP contribution is -2.48. The summed E-state index contributed by atoms with van der Waals surface area (Å²) in [4.78, 5) is 11.9. The molecular formula is C10H16O3. The largest absolute Gasteiger partial charge is 0.354 e. The number of hydrogen-bond donors (Lipinski definition) is 0. The molecule has 2 rings (SSSR count). The van der Waals surface area contributed by atoms with Crippen LogP contribution in [0.4, 0.5) is 0 Å². The minimum atomic E-state index is -0.296. The van der Waals surface area contributed by atoms with E-state index in [0.717, 1.165) is 19.3 Å². The number of rotatable bonds is 0. The Morgan fingerprint density at radius 1 is 1.38 bits per heavy atom. The highest BCUT2D eigenvalue weighted by molar-refractivity contribution is 5.87. The van der Waals surface area contributed by atoms with Crippen molar-refractivity contribution in [1.29, 1.82) is 0 Å². The van der Waals surface area contributed by atoms with Gasteiger partial charge in [0.1, 0.15) is 12.6 Å². The number of ether oxygens (including phenoxy) is 2. The first-order chi connectivity index (χ1) is 6.25. The van der Waals surface area contributed by atoms with Crippen LogP contribution < -0.4 is 0 Å². The predicted molar refractivity (Wildman–Crippen MR) is 47.2 cm³/mol. The molecule has 0 aromatic rings. The molecule has 0 radical (unpaired) electrons. The standard InChI is InChI=1S/C10H16O3/c1-8-3-2-4-10(9(8)11)5-12-7-13-6-10/h8H,2-7H2,1H3. The van der Waals surface area contributed by atoms with Gasteiger partial charge in [-0.3, -0.25) is 4.79 Å². The first-order valence-electron chi connectivity index (χ1n) is 4.94. The summed E-state index contributed by atoms with van der Waals surface area (Å²) in [6.07, 6.45) is 3.09. The van der Waals surface area contributed by atoms with Gasteiger partial charge in [0.2, 0.25) is 0 Å². The van der Waals surface area contributed by atoms with Gasteiger partial charge in [0.05, 0.1) is 18.6 Å². The Balaban J connectivity index is 2.14. The number of hydrogen-bond acceptors (Lipinski definition) is 3. The fraction of sp³-hybridized carbons (Fsp3) is 0.900. The highest BCUT2D eigenvalue weighted by atomic mass is 16.7. The molecule has 0 N–H and O–H groups in total. The van der Waals surface area contributed by atoms with Crippen molar-refractivity contribution in [2.45, 2.75) is 26.2 Å². The third kappa shape index (κ3) is 1.51. The van der Waals surface area contributed by atoms with Crippen molar-refractivity contribution in [3.8, 4) is 0 Å². The Kier molecular flexibility index (Phi) is 2.39. The van der Waals surface area contributed by atoms with Crippen LogP contribution in [0, 0.1) is 11.3 Å². The summed E-state index contributed by atoms with van der Waals surface area (Å²) in [5.74, 6) is 0.539. The molecule has 1 aliphatic carbocycles. The summed E-state index contributed by atoms with van der Waals surface area (Å²) >= 11 is 0. The van der Waals surface area contributed by atoms with E-state index in [2.05, 4.69) is 0 Å². The van der Waals surface area contributed by atoms with Gasteiger partial charge in [0.15, 0.2) is 0 Å². The third-order valence-electron chi connectivity index (χ3n) is 3.19. The predicted octanol–water partition coefficient (Wildman–Crippen LogP) is 1.37. The van der Waals surface area contributed by atoms with E-state index < -0.39 is 0 Å². The SMILES string of the molecule is CC1CCCC2(COCOC2)C1=O. The van der Waals surface area contributed by atoms with Gasteiger partial charge in [-0.1, -0.05) is 13.3 Å². The number of Topliss-reactive ketones (excluding diaryl/α,β-unsaturated/α-hetero) is 1. The zero-order valence-electron chi connectivity index (χ0n) is 8.04. The maximum absolute atomic E-state index is 11.9. The highest BCUT2D eigenvalue weighted by Crippen LogP contribution is 2.38. The van der Waals surface area contributed by atoms with E-state index in [0.29, 0.717) is 25.8 Å². The zero-order valence-corrected chi connectivity index (χ0v) is 8.04. The lowest BCUT2D eigenvalue weighted by atomic mass is 9.69. The molecule has 3 heteroatoms. The minimum absolute atomic E-state index is 0.194. The molecule has 0 bridgehead atoms. The van der Waals surface area contributed by atoms with Crippen LogP contribution in [0.3, 0.4) is 0 Å². The van der Waals surface area contributed by atoms with Crippen molar-refractivity contribution in [1.82, 2.24) is 0 Å². The first-order valence-corrected chi connectivity index (χ1v) is 4.94. The normalized spacial score (nSPS) is 33.6. The van der Waals surface area contributed by atoms with Gasteiger partial charge in [-0.25, -0.2) is 0 Å². The molecule has 1 aliphatic heterocycles. The van der Waals surface area contributed by atoms with Gasteiger partial charge >= 0.3 is 0 Å². The molecule has 1 atom stereocenters. The number of carbonyl (C=O) groups excluding carboxylic acids is 1. The van der Waals surface area contributed by atoms with Crippen molar-refractivity contribution in [3.63, 3.8) is 0 Å². The molecule has 1 heterocycles. The smallest absolute Gasteiger partial charge is 0.146 e. The topological polar surface area (TPSA) is 35.5 Å². The molecule has 0 aromatic carbocycles. The molecule has 13 heavy (non-hydrogen) atoms. The summed E-state index contributed by atoms with van der Waals surface area (Å²) in [5, 5.41) is 0. The van der Waals surface area contributed by atoms with Crippen LogP contribution >= 0.6 is 0 Å². The second-order valence-electron chi connectivity index (χ2n) is 4.25. The molecule has 74 valence electrons. The van der Waals surface area contributed by atoms with E-state index in [1.807, 2.05) is 6.92 Å². The first kappa shape index (κ1) is 9.16. The van der Waals surface area contributed by atoms with Gasteiger partial charge in [0.25, 0.3) is 0 Å². The monoisotopic (exact) mass is 184 g/mol. The molecule has 0 amide bonds. The summed E-state index contributed by atoms with van der Waals surface area (Å²) in [7, 11) is 0. The zero-order chi connectivity index (χ0) is 9.31. The Morgan fingerprint density at radius 3 is 2.77 bits per heavy atom. The van der Waals surface area contributed by atoms with E-state index in [1.165, 1.54) is 0 Å². The highest BCUT2D eigenvalue weighted by Gasteiger charge is 2.45. The molecule has 0 aromatic heterocycles. The quantitative estimate of drug-likeness (QED) is 0.570. The van der Waals surface area contributed by atoms with E-state index >= 15 is 0 Å². The van der Waals surface area contributed by atoms with E-state index in [1.54, 1.807) is 0 Å². The van der Waals surface area contributed by atoms with Crippen molar-refractivity contribution in [2.24, 2.45) is 11.3 Å². The number of carbonyl (C=O) groups is 1. The maximum Gasteiger partial charge on any atom is 0.146 e. The molecule has 1 unspecified atom stereocenters. The second kappa shape index (κ2) is 3.39. The Hall–Kier alpha value is -0.410. The van der Waals surface area contributed by atoms with Crippen LogP contribution in [0.5, 0.6) is 0 Å². The minimum Gasteiger partial charge on any atom is -0.354 e. The van der Waals surface area contributed by atoms with Gasteiger partial charge in [-0.05, 0) is 12.8 Å². The van der Waals surface area contributed by atoms with Crippen LogP contribution in [0.15, 0.2) is 0 Å². The second-order valence-corrected chi connectivity index (χ2v) is 4.25. The van der Waals surface area contributed by atoms with Crippen LogP contribution in [0.25, 0.3) is 0 Å². The Morgan fingerprint density at radius 2 is 2.08 bits per heavy atom. The molecule has 3 nitrogen and oxygen atoms in total. The van der Waals surface area contributed by atoms with Crippen molar-refractivity contribution in [3.05, 3.63) is 0 Å². The number of ketones is 1. The van der Waals surface area contributed by atoms with Gasteiger partial charge < -0.3 is 9.47 Å². The molecule has 1 saturated heterocycles. The summed E-state index contributed by atoms with van der Waals surface area (Å²) in [6, 6.07) is 0. The van der Waals surface area contributed by atoms with Crippen LogP contribution in [0.2, 0.25) is 0 Å². The van der Waals surface area contributed by atoms with Gasteiger partial charge in [-0.15, -0.1) is 0 Å². The average molecular weight is 184 g/mol. The molecular weight excluding hydrogens is 168 g/mol.